The fraction of sp³-hybridized carbons (Fsp3) is 0.400. The zero-order chi connectivity index (χ0) is 15.3. The molecule has 0 heterocycles. The highest BCUT2D eigenvalue weighted by Gasteiger charge is 2.38. The summed E-state index contributed by atoms with van der Waals surface area (Å²) < 4.78 is 27.0. The Morgan fingerprint density at radius 1 is 1.33 bits per heavy atom. The zero-order valence-corrected chi connectivity index (χ0v) is 12.3. The van der Waals surface area contributed by atoms with Crippen LogP contribution in [0, 0.1) is 23.2 Å². The average molecular weight is 304 g/mol. The van der Waals surface area contributed by atoms with E-state index in [1.165, 1.54) is 10.4 Å². The van der Waals surface area contributed by atoms with Crippen molar-refractivity contribution in [2.45, 2.75) is 30.2 Å². The second-order valence-electron chi connectivity index (χ2n) is 4.71. The van der Waals surface area contributed by atoms with Gasteiger partial charge in [-0.3, -0.25) is 0 Å². The van der Waals surface area contributed by atoms with E-state index in [0.29, 0.717) is 5.56 Å². The molecule has 1 N–H and O–H groups in total. The number of nitrogens with zero attached hydrogens (tertiary/aromatic N) is 2. The van der Waals surface area contributed by atoms with Gasteiger partial charge < -0.3 is 5.11 Å². The second kappa shape index (κ2) is 6.73. The molecule has 0 bridgehead atoms. The van der Waals surface area contributed by atoms with E-state index in [1.807, 2.05) is 6.07 Å². The number of aliphatic hydroxyl groups excluding tert-OH is 1. The predicted octanol–water partition coefficient (Wildman–Crippen LogP) is 1.10. The number of hydrogen-bond donors (Lipinski definition) is 1. The molecular weight excluding hydrogens is 288 g/mol. The van der Waals surface area contributed by atoms with Gasteiger partial charge in [0.1, 0.15) is 6.61 Å². The van der Waals surface area contributed by atoms with Crippen molar-refractivity contribution in [3.63, 3.8) is 0 Å². The summed E-state index contributed by atoms with van der Waals surface area (Å²) in [5, 5.41) is 17.5. The molecule has 0 aliphatic heterocycles. The Balaban J connectivity index is 2.40. The molecule has 1 aromatic carbocycles. The highest BCUT2D eigenvalue weighted by molar-refractivity contribution is 7.89. The second-order valence-corrected chi connectivity index (χ2v) is 6.57. The Bertz CT molecular complexity index is 706. The maximum Gasteiger partial charge on any atom is 0.244 e. The minimum atomic E-state index is -3.67. The van der Waals surface area contributed by atoms with E-state index in [2.05, 4.69) is 11.8 Å². The van der Waals surface area contributed by atoms with Crippen molar-refractivity contribution in [2.75, 3.05) is 13.2 Å². The van der Waals surface area contributed by atoms with E-state index >= 15 is 0 Å². The third kappa shape index (κ3) is 3.62. The maximum atomic E-state index is 12.8. The molecule has 0 amide bonds. The van der Waals surface area contributed by atoms with Crippen molar-refractivity contribution >= 4 is 10.0 Å². The number of rotatable bonds is 5. The molecular formula is C15H16N2O3S. The third-order valence-electron chi connectivity index (χ3n) is 3.17. The molecule has 110 valence electrons. The van der Waals surface area contributed by atoms with Gasteiger partial charge in [-0.25, -0.2) is 8.42 Å². The van der Waals surface area contributed by atoms with Crippen molar-refractivity contribution < 1.29 is 13.5 Å². The first kappa shape index (κ1) is 15.5. The number of benzene rings is 1. The number of aliphatic hydroxyl groups is 1. The summed E-state index contributed by atoms with van der Waals surface area (Å²) in [6.45, 7) is -0.125. The van der Waals surface area contributed by atoms with Crippen LogP contribution in [0.5, 0.6) is 0 Å². The smallest absolute Gasteiger partial charge is 0.244 e. The lowest BCUT2D eigenvalue weighted by Gasteiger charge is -2.21. The first-order valence-corrected chi connectivity index (χ1v) is 8.13. The lowest BCUT2D eigenvalue weighted by Crippen LogP contribution is -2.34. The van der Waals surface area contributed by atoms with Crippen LogP contribution in [0.4, 0.5) is 0 Å². The van der Waals surface area contributed by atoms with Gasteiger partial charge in [-0.15, -0.1) is 0 Å². The Morgan fingerprint density at radius 3 is 2.67 bits per heavy atom. The number of hydrogen-bond acceptors (Lipinski definition) is 4. The summed E-state index contributed by atoms with van der Waals surface area (Å²) in [7, 11) is -3.67. The molecule has 5 nitrogen and oxygen atoms in total. The van der Waals surface area contributed by atoms with E-state index < -0.39 is 10.0 Å². The normalized spacial score (nSPS) is 14.3. The minimum Gasteiger partial charge on any atom is -0.384 e. The van der Waals surface area contributed by atoms with E-state index in [1.54, 1.807) is 18.2 Å². The highest BCUT2D eigenvalue weighted by atomic mass is 32.2. The quantitative estimate of drug-likeness (QED) is 0.826. The van der Waals surface area contributed by atoms with Gasteiger partial charge in [0.05, 0.1) is 11.0 Å². The fourth-order valence-electron chi connectivity index (χ4n) is 2.08. The topological polar surface area (TPSA) is 81.4 Å². The predicted molar refractivity (Wildman–Crippen MR) is 77.5 cm³/mol. The molecule has 6 heteroatoms. The molecule has 1 aromatic rings. The van der Waals surface area contributed by atoms with Gasteiger partial charge in [-0.05, 0) is 25.0 Å². The van der Waals surface area contributed by atoms with Gasteiger partial charge in [0.15, 0.2) is 0 Å². The Labute approximate surface area is 124 Å². The van der Waals surface area contributed by atoms with Crippen molar-refractivity contribution in [1.82, 2.24) is 4.31 Å². The standard InChI is InChI=1S/C15H16N2O3S/c16-10-4-11-17(14-8-9-14)21(19,20)15-7-2-1-5-13(15)6-3-12-18/h1-2,5,7,14,18H,4,8-9,11-12H2. The average Bonchev–Trinajstić information content (AvgIpc) is 3.30. The molecule has 2 rings (SSSR count). The van der Waals surface area contributed by atoms with Crippen molar-refractivity contribution in [3.05, 3.63) is 29.8 Å². The Hall–Kier alpha value is -1.86. The van der Waals surface area contributed by atoms with Gasteiger partial charge in [0.25, 0.3) is 0 Å². The molecule has 21 heavy (non-hydrogen) atoms. The lowest BCUT2D eigenvalue weighted by molar-refractivity contribution is 0.350. The number of nitriles is 1. The fourth-order valence-corrected chi connectivity index (χ4v) is 3.91. The first-order valence-electron chi connectivity index (χ1n) is 6.69. The van der Waals surface area contributed by atoms with Gasteiger partial charge >= 0.3 is 0 Å². The van der Waals surface area contributed by atoms with Crippen LogP contribution in [0.2, 0.25) is 0 Å². The minimum absolute atomic E-state index is 0.0118. The van der Waals surface area contributed by atoms with E-state index in [0.717, 1.165) is 12.8 Å². The van der Waals surface area contributed by atoms with Gasteiger partial charge in [0.2, 0.25) is 10.0 Å². The third-order valence-corrected chi connectivity index (χ3v) is 5.18. The molecule has 1 aliphatic rings. The van der Waals surface area contributed by atoms with Crippen LogP contribution in [-0.2, 0) is 10.0 Å². The van der Waals surface area contributed by atoms with Gasteiger partial charge in [-0.2, -0.15) is 9.57 Å². The van der Waals surface area contributed by atoms with E-state index in [-0.39, 0.29) is 30.5 Å². The zero-order valence-electron chi connectivity index (χ0n) is 11.5. The van der Waals surface area contributed by atoms with Crippen LogP contribution in [-0.4, -0.2) is 37.0 Å². The Morgan fingerprint density at radius 2 is 2.05 bits per heavy atom. The molecule has 0 aromatic heterocycles. The Kier molecular flexibility index (Phi) is 4.98. The van der Waals surface area contributed by atoms with Crippen LogP contribution in [0.25, 0.3) is 0 Å². The summed E-state index contributed by atoms with van der Waals surface area (Å²) in [5.41, 5.74) is 0.370. The largest absolute Gasteiger partial charge is 0.384 e. The first-order chi connectivity index (χ1) is 10.1. The van der Waals surface area contributed by atoms with Gasteiger partial charge in [-0.1, -0.05) is 24.0 Å². The monoisotopic (exact) mass is 304 g/mol. The summed E-state index contributed by atoms with van der Waals surface area (Å²) in [4.78, 5) is 0.135. The molecule has 1 fully saturated rings. The van der Waals surface area contributed by atoms with Crippen LogP contribution in [0.1, 0.15) is 24.8 Å². The maximum absolute atomic E-state index is 12.8. The van der Waals surface area contributed by atoms with E-state index in [9.17, 15) is 8.42 Å². The molecule has 0 spiro atoms. The number of sulfonamides is 1. The molecule has 0 radical (unpaired) electrons. The van der Waals surface area contributed by atoms with Crippen molar-refractivity contribution in [1.29, 1.82) is 5.26 Å². The summed E-state index contributed by atoms with van der Waals surface area (Å²) in [6, 6.07) is 8.45. The molecule has 0 unspecified atom stereocenters. The van der Waals surface area contributed by atoms with E-state index in [4.69, 9.17) is 10.4 Å². The van der Waals surface area contributed by atoms with Crippen LogP contribution >= 0.6 is 0 Å². The summed E-state index contributed by atoms with van der Waals surface area (Å²) >= 11 is 0. The summed E-state index contributed by atoms with van der Waals surface area (Å²) in [5.74, 6) is 5.14. The molecule has 0 atom stereocenters. The van der Waals surface area contributed by atoms with Crippen molar-refractivity contribution in [3.8, 4) is 17.9 Å². The SMILES string of the molecule is N#CCCN(C1CC1)S(=O)(=O)c1ccccc1C#CCO. The highest BCUT2D eigenvalue weighted by Crippen LogP contribution is 2.32. The van der Waals surface area contributed by atoms with Gasteiger partial charge in [0, 0.05) is 24.6 Å². The van der Waals surface area contributed by atoms with Crippen LogP contribution in [0.15, 0.2) is 29.2 Å². The molecule has 0 saturated heterocycles. The molecule has 1 aliphatic carbocycles. The van der Waals surface area contributed by atoms with Crippen LogP contribution in [0.3, 0.4) is 0 Å². The van der Waals surface area contributed by atoms with Crippen LogP contribution < -0.4 is 0 Å². The van der Waals surface area contributed by atoms with Crippen molar-refractivity contribution in [2.24, 2.45) is 0 Å². The summed E-state index contributed by atoms with van der Waals surface area (Å²) in [6.07, 6.45) is 1.82. The lowest BCUT2D eigenvalue weighted by atomic mass is 10.2. The molecule has 1 saturated carbocycles.